The van der Waals surface area contributed by atoms with E-state index in [4.69, 9.17) is 21.7 Å². The molecule has 0 amide bonds. The average molecular weight is 273 g/mol. The van der Waals surface area contributed by atoms with Crippen LogP contribution in [0.15, 0.2) is 24.2 Å². The Morgan fingerprint density at radius 1 is 1.21 bits per heavy atom. The molecule has 0 spiro atoms. The number of anilines is 1. The molecular formula is C12H17NO6. The molecule has 6 N–H and O–H groups in total. The summed E-state index contributed by atoms with van der Waals surface area (Å²) < 4.78 is 18.0. The summed E-state index contributed by atoms with van der Waals surface area (Å²) in [5.41, 5.74) is 5.77. The molecule has 1 aliphatic rings. The van der Waals surface area contributed by atoms with Gasteiger partial charge in [0.1, 0.15) is 30.2 Å². The van der Waals surface area contributed by atoms with Crippen LogP contribution in [-0.4, -0.2) is 57.7 Å². The molecule has 2 rings (SSSR count). The number of ether oxygens (including phenoxy) is 2. The Morgan fingerprint density at radius 3 is 2.58 bits per heavy atom. The monoisotopic (exact) mass is 273 g/mol. The third-order valence-electron chi connectivity index (χ3n) is 2.91. The second-order valence-electron chi connectivity index (χ2n) is 4.29. The maximum Gasteiger partial charge on any atom is 0.229 e. The van der Waals surface area contributed by atoms with Crippen LogP contribution in [0.25, 0.3) is 0 Å². The molecule has 5 atom stereocenters. The first-order valence-corrected chi connectivity index (χ1v) is 5.77. The van der Waals surface area contributed by atoms with Crippen LogP contribution < -0.4 is 10.5 Å². The highest BCUT2D eigenvalue weighted by Crippen LogP contribution is 2.24. The summed E-state index contributed by atoms with van der Waals surface area (Å²) in [5.74, 6) is 0.216. The van der Waals surface area contributed by atoms with Gasteiger partial charge in [0.05, 0.1) is 7.98 Å². The molecule has 0 bridgehead atoms. The molecule has 0 aromatic heterocycles. The first-order chi connectivity index (χ1) is 9.43. The maximum atomic E-state index is 9.79. The fourth-order valence-electron chi connectivity index (χ4n) is 1.79. The van der Waals surface area contributed by atoms with Crippen LogP contribution in [-0.2, 0) is 4.74 Å². The molecule has 1 aromatic rings. The van der Waals surface area contributed by atoms with Crippen molar-refractivity contribution in [1.82, 2.24) is 0 Å². The number of benzene rings is 1. The Hall–Kier alpha value is -1.38. The fraction of sp³-hybridized carbons (Fsp3) is 0.500. The number of aliphatic hydroxyl groups is 4. The Kier molecular flexibility index (Phi) is 3.81. The van der Waals surface area contributed by atoms with E-state index in [9.17, 15) is 15.3 Å². The Bertz CT molecular complexity index is 471. The SMILES string of the molecule is [3H]c1cc(O[C@H]2O[C@H](CO)[C@H](O)[C@H](O)[C@H]2O)ccc1N. The van der Waals surface area contributed by atoms with Crippen molar-refractivity contribution in [3.8, 4) is 5.75 Å². The van der Waals surface area contributed by atoms with Crippen molar-refractivity contribution in [3.05, 3.63) is 24.2 Å². The van der Waals surface area contributed by atoms with Gasteiger partial charge in [0.25, 0.3) is 0 Å². The van der Waals surface area contributed by atoms with E-state index < -0.39 is 37.3 Å². The van der Waals surface area contributed by atoms with E-state index in [2.05, 4.69) is 0 Å². The lowest BCUT2D eigenvalue weighted by molar-refractivity contribution is -0.277. The topological polar surface area (TPSA) is 125 Å². The lowest BCUT2D eigenvalue weighted by Gasteiger charge is -2.39. The van der Waals surface area contributed by atoms with Crippen LogP contribution in [0.4, 0.5) is 5.69 Å². The van der Waals surface area contributed by atoms with Gasteiger partial charge >= 0.3 is 0 Å². The maximum absolute atomic E-state index is 9.79. The van der Waals surface area contributed by atoms with E-state index in [1.807, 2.05) is 0 Å². The zero-order chi connectivity index (χ0) is 14.9. The fourth-order valence-corrected chi connectivity index (χ4v) is 1.79. The van der Waals surface area contributed by atoms with Gasteiger partial charge in [-0.1, -0.05) is 0 Å². The summed E-state index contributed by atoms with van der Waals surface area (Å²) in [6, 6.07) is 4.32. The predicted molar refractivity (Wildman–Crippen MR) is 65.2 cm³/mol. The molecule has 1 saturated heterocycles. The normalized spacial score (nSPS) is 35.8. The van der Waals surface area contributed by atoms with Crippen LogP contribution in [0.2, 0.25) is 0 Å². The van der Waals surface area contributed by atoms with E-state index in [1.54, 1.807) is 0 Å². The molecule has 1 aliphatic heterocycles. The highest BCUT2D eigenvalue weighted by Gasteiger charge is 2.44. The zero-order valence-electron chi connectivity index (χ0n) is 11.0. The molecule has 7 nitrogen and oxygen atoms in total. The first-order valence-electron chi connectivity index (χ1n) is 6.27. The van der Waals surface area contributed by atoms with E-state index in [1.165, 1.54) is 18.2 Å². The number of nitrogen functional groups attached to an aromatic ring is 1. The molecule has 1 aromatic carbocycles. The molecule has 1 fully saturated rings. The average Bonchev–Trinajstić information content (AvgIpc) is 2.43. The van der Waals surface area contributed by atoms with Gasteiger partial charge in [-0.05, 0) is 24.2 Å². The van der Waals surface area contributed by atoms with E-state index in [-0.39, 0.29) is 17.5 Å². The second kappa shape index (κ2) is 5.72. The Balaban J connectivity index is 2.13. The number of hydrogen-bond acceptors (Lipinski definition) is 7. The van der Waals surface area contributed by atoms with Crippen LogP contribution >= 0.6 is 0 Å². The molecule has 106 valence electrons. The highest BCUT2D eigenvalue weighted by atomic mass is 16.7. The summed E-state index contributed by atoms with van der Waals surface area (Å²) in [7, 11) is 0. The van der Waals surface area contributed by atoms with E-state index in [0.717, 1.165) is 0 Å². The molecule has 0 aliphatic carbocycles. The van der Waals surface area contributed by atoms with Crippen molar-refractivity contribution in [1.29, 1.82) is 0 Å². The van der Waals surface area contributed by atoms with Gasteiger partial charge < -0.3 is 35.6 Å². The largest absolute Gasteiger partial charge is 0.462 e. The number of hydrogen-bond donors (Lipinski definition) is 5. The standard InChI is InChI=1S/C12H17NO6/c13-6-1-3-7(4-2-6)18-12-11(17)10(16)9(15)8(5-14)19-12/h1-4,8-12,14-17H,5,13H2/t8-,9+,10+,11-,12+/m1/s1/i1T. The van der Waals surface area contributed by atoms with Gasteiger partial charge in [-0.2, -0.15) is 0 Å². The highest BCUT2D eigenvalue weighted by molar-refractivity contribution is 5.41. The van der Waals surface area contributed by atoms with E-state index >= 15 is 0 Å². The minimum Gasteiger partial charge on any atom is -0.462 e. The van der Waals surface area contributed by atoms with Gasteiger partial charge in [0, 0.05) is 5.69 Å². The lowest BCUT2D eigenvalue weighted by Crippen LogP contribution is -2.60. The molecule has 0 saturated carbocycles. The quantitative estimate of drug-likeness (QED) is 0.422. The minimum absolute atomic E-state index is 0.0482. The summed E-state index contributed by atoms with van der Waals surface area (Å²) in [6.45, 7) is -0.532. The van der Waals surface area contributed by atoms with Gasteiger partial charge in [-0.3, -0.25) is 0 Å². The van der Waals surface area contributed by atoms with Crippen molar-refractivity contribution >= 4 is 5.69 Å². The van der Waals surface area contributed by atoms with Crippen LogP contribution in [0.3, 0.4) is 0 Å². The van der Waals surface area contributed by atoms with Crippen molar-refractivity contribution in [2.24, 2.45) is 0 Å². The molecule has 1 heterocycles. The van der Waals surface area contributed by atoms with Crippen LogP contribution in [0.1, 0.15) is 1.37 Å². The number of aliphatic hydroxyl groups excluding tert-OH is 4. The lowest BCUT2D eigenvalue weighted by atomic mass is 9.99. The van der Waals surface area contributed by atoms with E-state index in [0.29, 0.717) is 0 Å². The summed E-state index contributed by atoms with van der Waals surface area (Å²) >= 11 is 0. The minimum atomic E-state index is -1.50. The first kappa shape index (κ1) is 12.6. The number of nitrogens with two attached hydrogens (primary N) is 1. The van der Waals surface area contributed by atoms with Crippen molar-refractivity contribution in [3.63, 3.8) is 0 Å². The van der Waals surface area contributed by atoms with Gasteiger partial charge in [0.15, 0.2) is 0 Å². The van der Waals surface area contributed by atoms with Crippen LogP contribution in [0, 0.1) is 0 Å². The molecule has 7 heteroatoms. The predicted octanol–water partition coefficient (Wildman–Crippen LogP) is -1.55. The molecule has 19 heavy (non-hydrogen) atoms. The van der Waals surface area contributed by atoms with Gasteiger partial charge in [0.2, 0.25) is 6.29 Å². The van der Waals surface area contributed by atoms with Crippen LogP contribution in [0.5, 0.6) is 5.75 Å². The van der Waals surface area contributed by atoms with Crippen molar-refractivity contribution in [2.75, 3.05) is 12.3 Å². The Morgan fingerprint density at radius 2 is 1.95 bits per heavy atom. The van der Waals surface area contributed by atoms with Crippen molar-refractivity contribution < 1.29 is 31.3 Å². The number of rotatable bonds is 3. The van der Waals surface area contributed by atoms with Gasteiger partial charge in [-0.15, -0.1) is 0 Å². The van der Waals surface area contributed by atoms with Crippen molar-refractivity contribution in [2.45, 2.75) is 30.7 Å². The van der Waals surface area contributed by atoms with Gasteiger partial charge in [-0.25, -0.2) is 0 Å². The molecular weight excluding hydrogens is 254 g/mol. The summed E-state index contributed by atoms with van der Waals surface area (Å²) in [6.07, 6.45) is -6.74. The Labute approximate surface area is 111 Å². The summed E-state index contributed by atoms with van der Waals surface area (Å²) in [4.78, 5) is 0. The third-order valence-corrected chi connectivity index (χ3v) is 2.91. The molecule has 0 radical (unpaired) electrons. The molecule has 0 unspecified atom stereocenters. The third kappa shape index (κ3) is 2.96. The summed E-state index contributed by atoms with van der Waals surface area (Å²) in [5, 5.41) is 38.1. The zero-order valence-corrected chi connectivity index (χ0v) is 10.0. The smallest absolute Gasteiger partial charge is 0.229 e. The second-order valence-corrected chi connectivity index (χ2v) is 4.29.